The van der Waals surface area contributed by atoms with E-state index in [2.05, 4.69) is 5.32 Å². The van der Waals surface area contributed by atoms with Crippen LogP contribution in [0.4, 0.5) is 0 Å². The second-order valence-corrected chi connectivity index (χ2v) is 5.41. The first kappa shape index (κ1) is 17.0. The first-order chi connectivity index (χ1) is 9.81. The molecule has 0 saturated heterocycles. The van der Waals surface area contributed by atoms with E-state index in [0.717, 1.165) is 5.56 Å². The summed E-state index contributed by atoms with van der Waals surface area (Å²) < 4.78 is 0. The normalized spacial score (nSPS) is 13.7. The number of rotatable bonds is 7. The maximum absolute atomic E-state index is 11.9. The Morgan fingerprint density at radius 3 is 2.29 bits per heavy atom. The number of carbonyl (C=O) groups is 2. The Labute approximate surface area is 124 Å². The van der Waals surface area contributed by atoms with Crippen molar-refractivity contribution in [1.82, 2.24) is 5.32 Å². The molecular formula is C15H22N2O4. The third kappa shape index (κ3) is 5.43. The molecule has 1 rings (SSSR count). The number of aliphatic carboxylic acids is 1. The van der Waals surface area contributed by atoms with Gasteiger partial charge in [0.1, 0.15) is 5.75 Å². The predicted octanol–water partition coefficient (Wildman–Crippen LogP) is 0.735. The summed E-state index contributed by atoms with van der Waals surface area (Å²) in [6.45, 7) is 3.65. The van der Waals surface area contributed by atoms with Gasteiger partial charge in [-0.1, -0.05) is 26.0 Å². The van der Waals surface area contributed by atoms with Gasteiger partial charge in [0.15, 0.2) is 0 Å². The summed E-state index contributed by atoms with van der Waals surface area (Å²) in [5, 5.41) is 20.8. The van der Waals surface area contributed by atoms with Crippen LogP contribution in [0.2, 0.25) is 0 Å². The van der Waals surface area contributed by atoms with Crippen molar-refractivity contribution in [3.8, 4) is 5.75 Å². The summed E-state index contributed by atoms with van der Waals surface area (Å²) in [4.78, 5) is 22.9. The molecule has 0 aromatic heterocycles. The van der Waals surface area contributed by atoms with Crippen LogP contribution in [-0.4, -0.2) is 34.7 Å². The van der Waals surface area contributed by atoms with Crippen molar-refractivity contribution in [2.24, 2.45) is 17.6 Å². The second-order valence-electron chi connectivity index (χ2n) is 5.41. The molecule has 1 aromatic rings. The van der Waals surface area contributed by atoms with E-state index in [9.17, 15) is 14.7 Å². The Hall–Kier alpha value is -2.08. The minimum absolute atomic E-state index is 0.0646. The summed E-state index contributed by atoms with van der Waals surface area (Å²) >= 11 is 0. The van der Waals surface area contributed by atoms with Gasteiger partial charge in [0.2, 0.25) is 5.91 Å². The van der Waals surface area contributed by atoms with Crippen molar-refractivity contribution in [3.63, 3.8) is 0 Å². The van der Waals surface area contributed by atoms with E-state index in [-0.39, 0.29) is 24.1 Å². The molecule has 0 aliphatic rings. The number of amides is 1. The number of aromatic hydroxyl groups is 1. The predicted molar refractivity (Wildman–Crippen MR) is 78.8 cm³/mol. The maximum atomic E-state index is 11.9. The van der Waals surface area contributed by atoms with Crippen LogP contribution in [0.1, 0.15) is 19.4 Å². The van der Waals surface area contributed by atoms with Crippen LogP contribution in [0, 0.1) is 11.8 Å². The molecule has 0 heterocycles. The smallest absolute Gasteiger partial charge is 0.308 e. The number of benzene rings is 1. The Balaban J connectivity index is 2.51. The topological polar surface area (TPSA) is 113 Å². The van der Waals surface area contributed by atoms with Gasteiger partial charge in [-0.2, -0.15) is 0 Å². The number of nitrogens with one attached hydrogen (secondary N) is 1. The zero-order chi connectivity index (χ0) is 16.0. The van der Waals surface area contributed by atoms with Gasteiger partial charge in [-0.05, 0) is 30.0 Å². The summed E-state index contributed by atoms with van der Waals surface area (Å²) in [5.74, 6) is -1.86. The lowest BCUT2D eigenvalue weighted by molar-refractivity contribution is -0.143. The highest BCUT2D eigenvalue weighted by atomic mass is 16.4. The quantitative estimate of drug-likeness (QED) is 0.592. The average Bonchev–Trinajstić information content (AvgIpc) is 2.40. The number of carbonyl (C=O) groups excluding carboxylic acids is 1. The average molecular weight is 294 g/mol. The Kier molecular flexibility index (Phi) is 6.17. The minimum Gasteiger partial charge on any atom is -0.508 e. The summed E-state index contributed by atoms with van der Waals surface area (Å²) in [6.07, 6.45) is 0.325. The van der Waals surface area contributed by atoms with Crippen LogP contribution in [0.25, 0.3) is 0 Å². The lowest BCUT2D eigenvalue weighted by Gasteiger charge is -2.18. The van der Waals surface area contributed by atoms with E-state index < -0.39 is 17.9 Å². The third-order valence-corrected chi connectivity index (χ3v) is 3.35. The monoisotopic (exact) mass is 294 g/mol. The third-order valence-electron chi connectivity index (χ3n) is 3.35. The zero-order valence-corrected chi connectivity index (χ0v) is 12.2. The van der Waals surface area contributed by atoms with Gasteiger partial charge >= 0.3 is 5.97 Å². The fourth-order valence-electron chi connectivity index (χ4n) is 1.93. The lowest BCUT2D eigenvalue weighted by atomic mass is 9.96. The summed E-state index contributed by atoms with van der Waals surface area (Å²) in [7, 11) is 0. The molecular weight excluding hydrogens is 272 g/mol. The van der Waals surface area contributed by atoms with Crippen molar-refractivity contribution < 1.29 is 19.8 Å². The largest absolute Gasteiger partial charge is 0.508 e. The van der Waals surface area contributed by atoms with Gasteiger partial charge < -0.3 is 21.3 Å². The van der Waals surface area contributed by atoms with Crippen molar-refractivity contribution in [3.05, 3.63) is 29.8 Å². The second kappa shape index (κ2) is 7.64. The first-order valence-electron chi connectivity index (χ1n) is 6.85. The van der Waals surface area contributed by atoms with Crippen LogP contribution >= 0.6 is 0 Å². The highest BCUT2D eigenvalue weighted by molar-refractivity contribution is 5.82. The molecule has 6 heteroatoms. The zero-order valence-electron chi connectivity index (χ0n) is 12.2. The van der Waals surface area contributed by atoms with E-state index in [0.29, 0.717) is 6.42 Å². The van der Waals surface area contributed by atoms with E-state index in [4.69, 9.17) is 10.8 Å². The highest BCUT2D eigenvalue weighted by Gasteiger charge is 2.23. The number of hydrogen-bond donors (Lipinski definition) is 4. The molecule has 116 valence electrons. The van der Waals surface area contributed by atoms with Crippen LogP contribution in [0.15, 0.2) is 24.3 Å². The van der Waals surface area contributed by atoms with E-state index in [1.165, 1.54) is 12.1 Å². The van der Waals surface area contributed by atoms with E-state index in [1.807, 2.05) is 0 Å². The van der Waals surface area contributed by atoms with Gasteiger partial charge in [-0.3, -0.25) is 9.59 Å². The summed E-state index contributed by atoms with van der Waals surface area (Å²) in [6, 6.07) is 5.68. The van der Waals surface area contributed by atoms with Crippen molar-refractivity contribution in [2.45, 2.75) is 26.3 Å². The number of carboxylic acid groups (broad SMARTS) is 1. The standard InChI is InChI=1S/C15H22N2O4/c1-9(2)12(15(20)21)8-17-14(19)13(16)7-10-3-5-11(18)6-4-10/h3-6,9,12-13,18H,7-8,16H2,1-2H3,(H,17,19)(H,20,21). The number of carboxylic acids is 1. The molecule has 1 aromatic carbocycles. The summed E-state index contributed by atoms with van der Waals surface area (Å²) in [5.41, 5.74) is 6.63. The van der Waals surface area contributed by atoms with E-state index >= 15 is 0 Å². The van der Waals surface area contributed by atoms with Gasteiger partial charge in [-0.25, -0.2) is 0 Å². The molecule has 5 N–H and O–H groups in total. The van der Waals surface area contributed by atoms with Gasteiger partial charge in [0, 0.05) is 6.54 Å². The highest BCUT2D eigenvalue weighted by Crippen LogP contribution is 2.12. The molecule has 21 heavy (non-hydrogen) atoms. The van der Waals surface area contributed by atoms with Crippen molar-refractivity contribution in [2.75, 3.05) is 6.54 Å². The molecule has 0 aliphatic heterocycles. The van der Waals surface area contributed by atoms with Gasteiger partial charge in [0.25, 0.3) is 0 Å². The SMILES string of the molecule is CC(C)C(CNC(=O)C(N)Cc1ccc(O)cc1)C(=O)O. The van der Waals surface area contributed by atoms with E-state index in [1.54, 1.807) is 26.0 Å². The molecule has 2 unspecified atom stereocenters. The molecule has 0 bridgehead atoms. The molecule has 2 atom stereocenters. The van der Waals surface area contributed by atoms with Gasteiger partial charge in [0.05, 0.1) is 12.0 Å². The van der Waals surface area contributed by atoms with Crippen molar-refractivity contribution >= 4 is 11.9 Å². The van der Waals surface area contributed by atoms with Crippen LogP contribution in [0.3, 0.4) is 0 Å². The maximum Gasteiger partial charge on any atom is 0.308 e. The molecule has 0 fully saturated rings. The molecule has 0 spiro atoms. The lowest BCUT2D eigenvalue weighted by Crippen LogP contribution is -2.45. The number of hydrogen-bond acceptors (Lipinski definition) is 4. The first-order valence-corrected chi connectivity index (χ1v) is 6.85. The Bertz CT molecular complexity index is 485. The Morgan fingerprint density at radius 2 is 1.81 bits per heavy atom. The Morgan fingerprint density at radius 1 is 1.24 bits per heavy atom. The molecule has 0 saturated carbocycles. The number of phenols is 1. The van der Waals surface area contributed by atoms with Crippen LogP contribution in [0.5, 0.6) is 5.75 Å². The number of phenolic OH excluding ortho intramolecular Hbond substituents is 1. The fourth-order valence-corrected chi connectivity index (χ4v) is 1.93. The molecule has 0 radical (unpaired) electrons. The molecule has 1 amide bonds. The number of nitrogens with two attached hydrogens (primary N) is 1. The molecule has 0 aliphatic carbocycles. The van der Waals surface area contributed by atoms with Crippen molar-refractivity contribution in [1.29, 1.82) is 0 Å². The molecule has 6 nitrogen and oxygen atoms in total. The van der Waals surface area contributed by atoms with Crippen LogP contribution < -0.4 is 11.1 Å². The fraction of sp³-hybridized carbons (Fsp3) is 0.467. The van der Waals surface area contributed by atoms with Crippen LogP contribution in [-0.2, 0) is 16.0 Å². The van der Waals surface area contributed by atoms with Gasteiger partial charge in [-0.15, -0.1) is 0 Å². The minimum atomic E-state index is -0.933.